The molecule has 1 heterocycles. The Bertz CT molecular complexity index is 510. The standard InChI is InChI=1S/C12H14FN3O/c1-16-8-14-6-10(16)7-15-11-4-3-9(13)5-12(11)17-2/h3-6,8,15H,7H2,1-2H3. The first-order chi connectivity index (χ1) is 8.20. The molecule has 0 saturated heterocycles. The first-order valence-corrected chi connectivity index (χ1v) is 5.23. The summed E-state index contributed by atoms with van der Waals surface area (Å²) in [5.74, 6) is 0.181. The number of methoxy groups -OCH3 is 1. The van der Waals surface area contributed by atoms with Crippen molar-refractivity contribution in [3.05, 3.63) is 42.2 Å². The highest BCUT2D eigenvalue weighted by Crippen LogP contribution is 2.25. The molecule has 0 fully saturated rings. The largest absolute Gasteiger partial charge is 0.494 e. The molecule has 0 aliphatic heterocycles. The summed E-state index contributed by atoms with van der Waals surface area (Å²) in [6.45, 7) is 0.610. The summed E-state index contributed by atoms with van der Waals surface area (Å²) >= 11 is 0. The third-order valence-corrected chi connectivity index (χ3v) is 2.54. The monoisotopic (exact) mass is 235 g/mol. The zero-order valence-electron chi connectivity index (χ0n) is 9.77. The summed E-state index contributed by atoms with van der Waals surface area (Å²) in [4.78, 5) is 4.02. The van der Waals surface area contributed by atoms with Gasteiger partial charge in [0.15, 0.2) is 0 Å². The Kier molecular flexibility index (Phi) is 3.27. The molecule has 0 radical (unpaired) electrons. The Hall–Kier alpha value is -2.04. The van der Waals surface area contributed by atoms with Crippen molar-refractivity contribution in [1.29, 1.82) is 0 Å². The molecule has 17 heavy (non-hydrogen) atoms. The van der Waals surface area contributed by atoms with E-state index in [4.69, 9.17) is 4.74 Å². The number of aromatic nitrogens is 2. The number of hydrogen-bond acceptors (Lipinski definition) is 3. The second-order valence-electron chi connectivity index (χ2n) is 3.69. The van der Waals surface area contributed by atoms with E-state index in [0.717, 1.165) is 11.4 Å². The number of benzene rings is 1. The number of nitrogens with zero attached hydrogens (tertiary/aromatic N) is 2. The molecular weight excluding hydrogens is 221 g/mol. The first kappa shape index (κ1) is 11.4. The Labute approximate surface area is 99.1 Å². The van der Waals surface area contributed by atoms with Crippen LogP contribution < -0.4 is 10.1 Å². The van der Waals surface area contributed by atoms with Crippen LogP contribution in [0.3, 0.4) is 0 Å². The number of aryl methyl sites for hydroxylation is 1. The van der Waals surface area contributed by atoms with Crippen molar-refractivity contribution in [2.75, 3.05) is 12.4 Å². The van der Waals surface area contributed by atoms with Crippen LogP contribution in [0.25, 0.3) is 0 Å². The average Bonchev–Trinajstić information content (AvgIpc) is 2.73. The van der Waals surface area contributed by atoms with Crippen LogP contribution >= 0.6 is 0 Å². The molecule has 0 saturated carbocycles. The Morgan fingerprint density at radius 1 is 1.47 bits per heavy atom. The molecule has 0 spiro atoms. The van der Waals surface area contributed by atoms with Crippen molar-refractivity contribution >= 4 is 5.69 Å². The van der Waals surface area contributed by atoms with E-state index in [1.54, 1.807) is 18.6 Å². The summed E-state index contributed by atoms with van der Waals surface area (Å²) < 4.78 is 20.0. The smallest absolute Gasteiger partial charge is 0.144 e. The van der Waals surface area contributed by atoms with Crippen molar-refractivity contribution < 1.29 is 9.13 Å². The zero-order valence-corrected chi connectivity index (χ0v) is 9.77. The van der Waals surface area contributed by atoms with Crippen LogP contribution in [0.4, 0.5) is 10.1 Å². The van der Waals surface area contributed by atoms with Crippen LogP contribution in [0, 0.1) is 5.82 Å². The van der Waals surface area contributed by atoms with Crippen LogP contribution in [0.1, 0.15) is 5.69 Å². The lowest BCUT2D eigenvalue weighted by Crippen LogP contribution is -2.05. The molecule has 5 heteroatoms. The van der Waals surface area contributed by atoms with Gasteiger partial charge in [0, 0.05) is 19.3 Å². The quantitative estimate of drug-likeness (QED) is 0.882. The number of hydrogen-bond donors (Lipinski definition) is 1. The minimum absolute atomic E-state index is 0.312. The maximum atomic E-state index is 13.0. The lowest BCUT2D eigenvalue weighted by molar-refractivity contribution is 0.413. The van der Waals surface area contributed by atoms with Crippen molar-refractivity contribution in [3.8, 4) is 5.75 Å². The molecule has 0 aliphatic rings. The van der Waals surface area contributed by atoms with E-state index in [9.17, 15) is 4.39 Å². The molecule has 0 atom stereocenters. The van der Waals surface area contributed by atoms with E-state index in [1.165, 1.54) is 19.2 Å². The number of rotatable bonds is 4. The van der Waals surface area contributed by atoms with Gasteiger partial charge in [-0.05, 0) is 12.1 Å². The van der Waals surface area contributed by atoms with Gasteiger partial charge in [0.1, 0.15) is 11.6 Å². The van der Waals surface area contributed by atoms with Gasteiger partial charge in [0.05, 0.1) is 31.4 Å². The predicted molar refractivity (Wildman–Crippen MR) is 63.5 cm³/mol. The van der Waals surface area contributed by atoms with Crippen LogP contribution in [0.2, 0.25) is 0 Å². The van der Waals surface area contributed by atoms with Gasteiger partial charge in [0.2, 0.25) is 0 Å². The number of anilines is 1. The molecule has 90 valence electrons. The molecule has 0 unspecified atom stereocenters. The normalized spacial score (nSPS) is 10.3. The molecule has 0 bridgehead atoms. The van der Waals surface area contributed by atoms with E-state index >= 15 is 0 Å². The van der Waals surface area contributed by atoms with E-state index in [2.05, 4.69) is 10.3 Å². The minimum atomic E-state index is -0.312. The summed E-state index contributed by atoms with van der Waals surface area (Å²) in [5, 5.41) is 3.18. The maximum absolute atomic E-state index is 13.0. The summed E-state index contributed by atoms with van der Waals surface area (Å²) in [6.07, 6.45) is 3.52. The van der Waals surface area contributed by atoms with E-state index in [0.29, 0.717) is 12.3 Å². The molecule has 0 amide bonds. The lowest BCUT2D eigenvalue weighted by Gasteiger charge is -2.11. The fourth-order valence-electron chi connectivity index (χ4n) is 1.55. The Morgan fingerprint density at radius 3 is 2.94 bits per heavy atom. The average molecular weight is 235 g/mol. The lowest BCUT2D eigenvalue weighted by atomic mass is 10.2. The minimum Gasteiger partial charge on any atom is -0.494 e. The fraction of sp³-hybridized carbons (Fsp3) is 0.250. The van der Waals surface area contributed by atoms with Crippen LogP contribution in [0.5, 0.6) is 5.75 Å². The molecule has 1 aromatic heterocycles. The summed E-state index contributed by atoms with van der Waals surface area (Å²) in [5.41, 5.74) is 1.80. The van der Waals surface area contributed by atoms with E-state index in [-0.39, 0.29) is 5.82 Å². The zero-order chi connectivity index (χ0) is 12.3. The SMILES string of the molecule is COc1cc(F)ccc1NCc1cncn1C. The summed E-state index contributed by atoms with van der Waals surface area (Å²) in [7, 11) is 3.44. The third-order valence-electron chi connectivity index (χ3n) is 2.54. The Balaban J connectivity index is 2.11. The molecule has 2 rings (SSSR count). The highest BCUT2D eigenvalue weighted by Gasteiger charge is 2.05. The number of halogens is 1. The van der Waals surface area contributed by atoms with Gasteiger partial charge in [-0.3, -0.25) is 0 Å². The molecule has 4 nitrogen and oxygen atoms in total. The van der Waals surface area contributed by atoms with Gasteiger partial charge in [-0.15, -0.1) is 0 Å². The van der Waals surface area contributed by atoms with Gasteiger partial charge >= 0.3 is 0 Å². The fourth-order valence-corrected chi connectivity index (χ4v) is 1.55. The van der Waals surface area contributed by atoms with Gasteiger partial charge < -0.3 is 14.6 Å². The number of ether oxygens (including phenoxy) is 1. The summed E-state index contributed by atoms with van der Waals surface area (Å²) in [6, 6.07) is 4.41. The second-order valence-corrected chi connectivity index (χ2v) is 3.69. The van der Waals surface area contributed by atoms with Gasteiger partial charge in [-0.25, -0.2) is 9.37 Å². The second kappa shape index (κ2) is 4.86. The predicted octanol–water partition coefficient (Wildman–Crippen LogP) is 2.18. The van der Waals surface area contributed by atoms with E-state index < -0.39 is 0 Å². The van der Waals surface area contributed by atoms with Crippen molar-refractivity contribution in [2.45, 2.75) is 6.54 Å². The van der Waals surface area contributed by atoms with Crippen molar-refractivity contribution in [1.82, 2.24) is 9.55 Å². The topological polar surface area (TPSA) is 39.1 Å². The van der Waals surface area contributed by atoms with Crippen LogP contribution in [-0.4, -0.2) is 16.7 Å². The van der Waals surface area contributed by atoms with Gasteiger partial charge in [0.25, 0.3) is 0 Å². The highest BCUT2D eigenvalue weighted by molar-refractivity contribution is 5.56. The first-order valence-electron chi connectivity index (χ1n) is 5.23. The van der Waals surface area contributed by atoms with Gasteiger partial charge in [-0.1, -0.05) is 0 Å². The molecular formula is C12H14FN3O. The van der Waals surface area contributed by atoms with Gasteiger partial charge in [-0.2, -0.15) is 0 Å². The molecule has 2 aromatic rings. The number of imidazole rings is 1. The third kappa shape index (κ3) is 2.55. The maximum Gasteiger partial charge on any atom is 0.144 e. The Morgan fingerprint density at radius 2 is 2.29 bits per heavy atom. The van der Waals surface area contributed by atoms with Crippen molar-refractivity contribution in [3.63, 3.8) is 0 Å². The highest BCUT2D eigenvalue weighted by atomic mass is 19.1. The van der Waals surface area contributed by atoms with Crippen LogP contribution in [0.15, 0.2) is 30.7 Å². The molecule has 0 aliphatic carbocycles. The van der Waals surface area contributed by atoms with Crippen LogP contribution in [-0.2, 0) is 13.6 Å². The number of nitrogens with one attached hydrogen (secondary N) is 1. The molecule has 1 N–H and O–H groups in total. The van der Waals surface area contributed by atoms with Crippen molar-refractivity contribution in [2.24, 2.45) is 7.05 Å². The molecule has 1 aromatic carbocycles. The van der Waals surface area contributed by atoms with E-state index in [1.807, 2.05) is 11.6 Å².